The molecular formula is C23H19F3N4O3. The van der Waals surface area contributed by atoms with Crippen molar-refractivity contribution in [2.75, 3.05) is 13.1 Å². The molecule has 1 aromatic carbocycles. The molecule has 0 unspecified atom stereocenters. The monoisotopic (exact) mass is 456 g/mol. The van der Waals surface area contributed by atoms with Crippen molar-refractivity contribution in [2.24, 2.45) is 5.92 Å². The van der Waals surface area contributed by atoms with Gasteiger partial charge in [0.15, 0.2) is 0 Å². The number of ether oxygens (including phenoxy) is 1. The fourth-order valence-electron chi connectivity index (χ4n) is 4.83. The van der Waals surface area contributed by atoms with Gasteiger partial charge >= 0.3 is 6.36 Å². The second kappa shape index (κ2) is 8.02. The van der Waals surface area contributed by atoms with Gasteiger partial charge in [0.05, 0.1) is 6.20 Å². The van der Waals surface area contributed by atoms with Gasteiger partial charge in [0.2, 0.25) is 0 Å². The molecule has 10 heteroatoms. The van der Waals surface area contributed by atoms with Crippen molar-refractivity contribution < 1.29 is 22.7 Å². The SMILES string of the molecule is O=C(c1cnccn1)N1C[C@@H]2C[C@H](C1)c1c(-c3ccc(OC(F)(F)F)cc3)ccc(=O)n1C2. The van der Waals surface area contributed by atoms with Crippen molar-refractivity contribution in [2.45, 2.75) is 25.2 Å². The van der Waals surface area contributed by atoms with Crippen LogP contribution in [-0.4, -0.2) is 44.8 Å². The number of carbonyl (C=O) groups excluding carboxylic acids is 1. The molecule has 170 valence electrons. The summed E-state index contributed by atoms with van der Waals surface area (Å²) in [4.78, 5) is 35.4. The second-order valence-electron chi connectivity index (χ2n) is 8.25. The number of rotatable bonds is 3. The van der Waals surface area contributed by atoms with Crippen LogP contribution in [0.2, 0.25) is 0 Å². The molecule has 2 aromatic heterocycles. The molecule has 7 nitrogen and oxygen atoms in total. The largest absolute Gasteiger partial charge is 0.573 e. The van der Waals surface area contributed by atoms with E-state index >= 15 is 0 Å². The molecule has 2 atom stereocenters. The van der Waals surface area contributed by atoms with Crippen LogP contribution < -0.4 is 10.3 Å². The average Bonchev–Trinajstić information content (AvgIpc) is 2.79. The molecule has 0 N–H and O–H groups in total. The van der Waals surface area contributed by atoms with Crippen LogP contribution in [0.4, 0.5) is 13.2 Å². The third-order valence-electron chi connectivity index (χ3n) is 6.06. The van der Waals surface area contributed by atoms with E-state index in [2.05, 4.69) is 14.7 Å². The van der Waals surface area contributed by atoms with E-state index in [9.17, 15) is 22.8 Å². The van der Waals surface area contributed by atoms with E-state index in [1.165, 1.54) is 36.8 Å². The van der Waals surface area contributed by atoms with Crippen LogP contribution in [0.1, 0.15) is 28.5 Å². The number of alkyl halides is 3. The van der Waals surface area contributed by atoms with Crippen molar-refractivity contribution >= 4 is 5.91 Å². The molecular weight excluding hydrogens is 437 g/mol. The summed E-state index contributed by atoms with van der Waals surface area (Å²) in [5, 5.41) is 0. The van der Waals surface area contributed by atoms with Crippen molar-refractivity contribution in [1.82, 2.24) is 19.4 Å². The minimum absolute atomic E-state index is 0.0897. The van der Waals surface area contributed by atoms with E-state index in [-0.39, 0.29) is 34.7 Å². The molecule has 0 spiro atoms. The maximum Gasteiger partial charge on any atom is 0.573 e. The molecule has 5 rings (SSSR count). The number of aromatic nitrogens is 3. The van der Waals surface area contributed by atoms with Gasteiger partial charge in [0, 0.05) is 55.3 Å². The zero-order valence-corrected chi connectivity index (χ0v) is 17.3. The Kier molecular flexibility index (Phi) is 5.15. The minimum atomic E-state index is -4.77. The number of piperidine rings is 1. The first-order valence-electron chi connectivity index (χ1n) is 10.4. The summed E-state index contributed by atoms with van der Waals surface area (Å²) >= 11 is 0. The standard InChI is InChI=1S/C23H19F3N4O3/c24-23(25,26)33-17-3-1-15(2-4-17)18-5-6-20(31)30-12-14-9-16(21(18)30)13-29(11-14)22(32)19-10-27-7-8-28-19/h1-8,10,14,16H,9,11-13H2/t14-,16+/m0/s1. The predicted octanol–water partition coefficient (Wildman–Crippen LogP) is 3.46. The fourth-order valence-corrected chi connectivity index (χ4v) is 4.83. The molecule has 2 aliphatic rings. The van der Waals surface area contributed by atoms with Gasteiger partial charge in [-0.05, 0) is 36.1 Å². The first kappa shape index (κ1) is 21.2. The lowest BCUT2D eigenvalue weighted by Gasteiger charge is -2.43. The molecule has 33 heavy (non-hydrogen) atoms. The Hall–Kier alpha value is -3.69. The van der Waals surface area contributed by atoms with E-state index in [4.69, 9.17) is 0 Å². The van der Waals surface area contributed by atoms with E-state index in [1.54, 1.807) is 27.7 Å². The van der Waals surface area contributed by atoms with Gasteiger partial charge in [-0.15, -0.1) is 13.2 Å². The smallest absolute Gasteiger partial charge is 0.406 e. The number of pyridine rings is 1. The van der Waals surface area contributed by atoms with Crippen LogP contribution in [0.15, 0.2) is 59.8 Å². The van der Waals surface area contributed by atoms with Gasteiger partial charge in [0.25, 0.3) is 11.5 Å². The van der Waals surface area contributed by atoms with Crippen LogP contribution in [-0.2, 0) is 6.54 Å². The van der Waals surface area contributed by atoms with Gasteiger partial charge in [-0.25, -0.2) is 4.98 Å². The predicted molar refractivity (Wildman–Crippen MR) is 112 cm³/mol. The quantitative estimate of drug-likeness (QED) is 0.603. The number of amides is 1. The van der Waals surface area contributed by atoms with Crippen molar-refractivity contribution in [3.63, 3.8) is 0 Å². The zero-order valence-electron chi connectivity index (χ0n) is 17.3. The summed E-state index contributed by atoms with van der Waals surface area (Å²) in [6.07, 6.45) is 0.451. The highest BCUT2D eigenvalue weighted by Gasteiger charge is 2.38. The maximum absolute atomic E-state index is 13.0. The summed E-state index contributed by atoms with van der Waals surface area (Å²) in [6.45, 7) is 1.40. The van der Waals surface area contributed by atoms with Gasteiger partial charge in [0.1, 0.15) is 11.4 Å². The summed E-state index contributed by atoms with van der Waals surface area (Å²) in [5.41, 5.74) is 2.35. The Labute approximate surface area is 186 Å². The number of hydrogen-bond acceptors (Lipinski definition) is 5. The normalized spacial score (nSPS) is 19.7. The van der Waals surface area contributed by atoms with Gasteiger partial charge in [-0.2, -0.15) is 0 Å². The van der Waals surface area contributed by atoms with Crippen molar-refractivity contribution in [3.8, 4) is 16.9 Å². The maximum atomic E-state index is 13.0. The Morgan fingerprint density at radius 3 is 2.52 bits per heavy atom. The number of benzene rings is 1. The number of carbonyl (C=O) groups is 1. The molecule has 2 aliphatic heterocycles. The van der Waals surface area contributed by atoms with Crippen LogP contribution in [0.5, 0.6) is 5.75 Å². The second-order valence-corrected chi connectivity index (χ2v) is 8.25. The molecule has 1 saturated heterocycles. The molecule has 4 heterocycles. The van der Waals surface area contributed by atoms with Gasteiger partial charge < -0.3 is 14.2 Å². The van der Waals surface area contributed by atoms with Crippen LogP contribution >= 0.6 is 0 Å². The summed E-state index contributed by atoms with van der Waals surface area (Å²) in [7, 11) is 0. The topological polar surface area (TPSA) is 77.3 Å². The zero-order chi connectivity index (χ0) is 23.2. The summed E-state index contributed by atoms with van der Waals surface area (Å²) in [6, 6.07) is 8.75. The highest BCUT2D eigenvalue weighted by molar-refractivity contribution is 5.92. The highest BCUT2D eigenvalue weighted by Crippen LogP contribution is 2.40. The molecule has 0 saturated carbocycles. The van der Waals surface area contributed by atoms with Crippen molar-refractivity contribution in [3.05, 3.63) is 76.7 Å². The van der Waals surface area contributed by atoms with Crippen LogP contribution in [0, 0.1) is 5.92 Å². The Bertz CT molecular complexity index is 1240. The lowest BCUT2D eigenvalue weighted by atomic mass is 9.80. The fraction of sp³-hybridized carbons (Fsp3) is 0.304. The van der Waals surface area contributed by atoms with Gasteiger partial charge in [-0.3, -0.25) is 14.6 Å². The molecule has 2 bridgehead atoms. The molecule has 0 aliphatic carbocycles. The van der Waals surface area contributed by atoms with E-state index in [0.29, 0.717) is 25.2 Å². The number of likely N-dealkylation sites (tertiary alicyclic amines) is 1. The number of hydrogen-bond donors (Lipinski definition) is 0. The third-order valence-corrected chi connectivity index (χ3v) is 6.06. The average molecular weight is 456 g/mol. The minimum Gasteiger partial charge on any atom is -0.406 e. The van der Waals surface area contributed by atoms with E-state index in [0.717, 1.165) is 17.7 Å². The van der Waals surface area contributed by atoms with Crippen LogP contribution in [0.3, 0.4) is 0 Å². The van der Waals surface area contributed by atoms with Crippen LogP contribution in [0.25, 0.3) is 11.1 Å². The number of nitrogens with zero attached hydrogens (tertiary/aromatic N) is 4. The van der Waals surface area contributed by atoms with E-state index in [1.807, 2.05) is 0 Å². The Morgan fingerprint density at radius 1 is 1.03 bits per heavy atom. The molecule has 1 fully saturated rings. The molecule has 3 aromatic rings. The summed E-state index contributed by atoms with van der Waals surface area (Å²) in [5.74, 6) is -0.494. The highest BCUT2D eigenvalue weighted by atomic mass is 19.4. The van der Waals surface area contributed by atoms with E-state index < -0.39 is 6.36 Å². The van der Waals surface area contributed by atoms with Crippen molar-refractivity contribution in [1.29, 1.82) is 0 Å². The third kappa shape index (κ3) is 4.20. The molecule has 0 radical (unpaired) electrons. The first-order chi connectivity index (χ1) is 15.8. The lowest BCUT2D eigenvalue weighted by molar-refractivity contribution is -0.274. The summed E-state index contributed by atoms with van der Waals surface area (Å²) < 4.78 is 43.2. The number of halogens is 3. The first-order valence-corrected chi connectivity index (χ1v) is 10.4. The lowest BCUT2D eigenvalue weighted by Crippen LogP contribution is -2.49. The number of fused-ring (bicyclic) bond motifs is 4. The Balaban J connectivity index is 1.48. The molecule has 1 amide bonds. The Morgan fingerprint density at radius 2 is 1.82 bits per heavy atom. The van der Waals surface area contributed by atoms with Gasteiger partial charge in [-0.1, -0.05) is 12.1 Å².